The van der Waals surface area contributed by atoms with Crippen LogP contribution in [0.1, 0.15) is 32.6 Å². The molecule has 2 aliphatic rings. The zero-order valence-corrected chi connectivity index (χ0v) is 19.0. The highest BCUT2D eigenvalue weighted by atomic mass is 16.5. The summed E-state index contributed by atoms with van der Waals surface area (Å²) in [6.45, 7) is 7.20. The number of amides is 1. The predicted molar refractivity (Wildman–Crippen MR) is 122 cm³/mol. The average Bonchev–Trinajstić information content (AvgIpc) is 3.26. The number of ether oxygens (including phenoxy) is 1. The highest BCUT2D eigenvalue weighted by Gasteiger charge is 2.42. The van der Waals surface area contributed by atoms with Gasteiger partial charge in [-0.2, -0.15) is 0 Å². The molecule has 0 aromatic heterocycles. The van der Waals surface area contributed by atoms with Crippen LogP contribution >= 0.6 is 0 Å². The molecule has 3 rings (SSSR count). The molecule has 1 amide bonds. The van der Waals surface area contributed by atoms with Crippen LogP contribution in [0.15, 0.2) is 29.3 Å². The number of anilines is 1. The minimum Gasteiger partial charge on any atom is -0.497 e. The molecule has 1 N–H and O–H groups in total. The molecule has 0 bridgehead atoms. The summed E-state index contributed by atoms with van der Waals surface area (Å²) < 4.78 is 5.26. The van der Waals surface area contributed by atoms with E-state index >= 15 is 0 Å². The maximum absolute atomic E-state index is 12.9. The van der Waals surface area contributed by atoms with Crippen molar-refractivity contribution in [3.05, 3.63) is 24.3 Å². The third-order valence-electron chi connectivity index (χ3n) is 6.30. The molecule has 0 atom stereocenters. The number of rotatable bonds is 6. The fraction of sp³-hybridized carbons (Fsp3) is 0.652. The average molecular weight is 416 g/mol. The first-order valence-electron chi connectivity index (χ1n) is 11.1. The number of carbonyl (C=O) groups is 1. The van der Waals surface area contributed by atoms with E-state index in [9.17, 15) is 4.79 Å². The van der Waals surface area contributed by atoms with Crippen molar-refractivity contribution in [3.63, 3.8) is 0 Å². The van der Waals surface area contributed by atoms with Gasteiger partial charge in [0, 0.05) is 52.5 Å². The molecule has 7 nitrogen and oxygen atoms in total. The fourth-order valence-electron chi connectivity index (χ4n) is 4.59. The molecule has 0 spiro atoms. The second-order valence-electron chi connectivity index (χ2n) is 8.53. The molecule has 1 aromatic carbocycles. The first-order valence-corrected chi connectivity index (χ1v) is 11.1. The molecule has 1 saturated carbocycles. The highest BCUT2D eigenvalue weighted by Crippen LogP contribution is 2.39. The SMILES string of the molecule is CCNC(=NCC1(C(=O)N(C)C)CCCC1)N1CCN(c2ccc(OC)cc2)CC1. The summed E-state index contributed by atoms with van der Waals surface area (Å²) in [5.74, 6) is 2.04. The molecular formula is C23H37N5O2. The largest absolute Gasteiger partial charge is 0.497 e. The van der Waals surface area contributed by atoms with Crippen molar-refractivity contribution in [1.29, 1.82) is 0 Å². The van der Waals surface area contributed by atoms with Crippen molar-refractivity contribution in [1.82, 2.24) is 15.1 Å². The van der Waals surface area contributed by atoms with Crippen molar-refractivity contribution in [2.24, 2.45) is 10.4 Å². The molecule has 0 radical (unpaired) electrons. The van der Waals surface area contributed by atoms with Gasteiger partial charge in [0.05, 0.1) is 19.1 Å². The van der Waals surface area contributed by atoms with Crippen molar-refractivity contribution in [2.75, 3.05) is 65.4 Å². The summed E-state index contributed by atoms with van der Waals surface area (Å²) >= 11 is 0. The van der Waals surface area contributed by atoms with Gasteiger partial charge in [-0.15, -0.1) is 0 Å². The zero-order chi connectivity index (χ0) is 21.6. The number of carbonyl (C=O) groups excluding carboxylic acids is 1. The molecule has 1 aliphatic carbocycles. The quantitative estimate of drug-likeness (QED) is 0.571. The van der Waals surface area contributed by atoms with Crippen LogP contribution in [0.4, 0.5) is 5.69 Å². The lowest BCUT2D eigenvalue weighted by atomic mass is 9.85. The van der Waals surface area contributed by atoms with E-state index in [2.05, 4.69) is 34.2 Å². The molecule has 1 saturated heterocycles. The Hall–Kier alpha value is -2.44. The number of nitrogens with one attached hydrogen (secondary N) is 1. The molecule has 1 heterocycles. The normalized spacial score (nSPS) is 19.0. The number of piperazine rings is 1. The van der Waals surface area contributed by atoms with E-state index < -0.39 is 0 Å². The van der Waals surface area contributed by atoms with Gasteiger partial charge in [-0.1, -0.05) is 12.8 Å². The number of hydrogen-bond acceptors (Lipinski definition) is 4. The highest BCUT2D eigenvalue weighted by molar-refractivity contribution is 5.84. The fourth-order valence-corrected chi connectivity index (χ4v) is 4.59. The van der Waals surface area contributed by atoms with Crippen molar-refractivity contribution in [3.8, 4) is 5.75 Å². The standard InChI is InChI=1S/C23H37N5O2/c1-5-24-22(25-18-23(12-6-7-13-23)21(29)26(2)3)28-16-14-27(15-17-28)19-8-10-20(30-4)11-9-19/h8-11H,5-7,12-18H2,1-4H3,(H,24,25). The van der Waals surface area contributed by atoms with Crippen molar-refractivity contribution < 1.29 is 9.53 Å². The van der Waals surface area contributed by atoms with Gasteiger partial charge in [0.25, 0.3) is 0 Å². The van der Waals surface area contributed by atoms with E-state index in [0.29, 0.717) is 6.54 Å². The Balaban J connectivity index is 1.65. The Bertz CT molecular complexity index is 718. The van der Waals surface area contributed by atoms with Crippen molar-refractivity contribution >= 4 is 17.6 Å². The number of methoxy groups -OCH3 is 1. The van der Waals surface area contributed by atoms with Gasteiger partial charge in [0.15, 0.2) is 5.96 Å². The molecular weight excluding hydrogens is 378 g/mol. The minimum atomic E-state index is -0.324. The van der Waals surface area contributed by atoms with Gasteiger partial charge >= 0.3 is 0 Å². The van der Waals surface area contributed by atoms with Gasteiger partial charge in [-0.05, 0) is 44.0 Å². The first kappa shape index (κ1) is 22.2. The molecule has 1 aromatic rings. The van der Waals surface area contributed by atoms with E-state index in [1.54, 1.807) is 12.0 Å². The Morgan fingerprint density at radius 2 is 1.77 bits per heavy atom. The molecule has 166 valence electrons. The lowest BCUT2D eigenvalue weighted by Gasteiger charge is -2.38. The monoisotopic (exact) mass is 415 g/mol. The van der Waals surface area contributed by atoms with Gasteiger partial charge in [0.2, 0.25) is 5.91 Å². The van der Waals surface area contributed by atoms with Gasteiger partial charge in [-0.25, -0.2) is 0 Å². The summed E-state index contributed by atoms with van der Waals surface area (Å²) in [5, 5.41) is 3.45. The number of hydrogen-bond donors (Lipinski definition) is 1. The van der Waals surface area contributed by atoms with E-state index in [1.165, 1.54) is 5.69 Å². The first-order chi connectivity index (χ1) is 14.5. The van der Waals surface area contributed by atoms with Crippen LogP contribution in [0.2, 0.25) is 0 Å². The van der Waals surface area contributed by atoms with E-state index in [1.807, 2.05) is 26.2 Å². The third kappa shape index (κ3) is 4.99. The van der Waals surface area contributed by atoms with Crippen molar-refractivity contribution in [2.45, 2.75) is 32.6 Å². The van der Waals surface area contributed by atoms with Crippen LogP contribution in [0.3, 0.4) is 0 Å². The Labute approximate surface area is 181 Å². The maximum atomic E-state index is 12.9. The van der Waals surface area contributed by atoms with Gasteiger partial charge < -0.3 is 24.8 Å². The van der Waals surface area contributed by atoms with Gasteiger partial charge in [-0.3, -0.25) is 9.79 Å². The molecule has 2 fully saturated rings. The second-order valence-corrected chi connectivity index (χ2v) is 8.53. The lowest BCUT2D eigenvalue weighted by molar-refractivity contribution is -0.138. The summed E-state index contributed by atoms with van der Waals surface area (Å²) in [6.07, 6.45) is 4.12. The summed E-state index contributed by atoms with van der Waals surface area (Å²) in [4.78, 5) is 24.3. The lowest BCUT2D eigenvalue weighted by Crippen LogP contribution is -2.53. The number of benzene rings is 1. The maximum Gasteiger partial charge on any atom is 0.230 e. The smallest absolute Gasteiger partial charge is 0.230 e. The summed E-state index contributed by atoms with van der Waals surface area (Å²) in [6, 6.07) is 8.25. The minimum absolute atomic E-state index is 0.226. The van der Waals surface area contributed by atoms with Crippen LogP contribution in [-0.2, 0) is 4.79 Å². The molecule has 30 heavy (non-hydrogen) atoms. The topological polar surface area (TPSA) is 60.4 Å². The number of guanidine groups is 1. The molecule has 7 heteroatoms. The van der Waals surface area contributed by atoms with Crippen LogP contribution in [0, 0.1) is 5.41 Å². The summed E-state index contributed by atoms with van der Waals surface area (Å²) in [7, 11) is 5.41. The summed E-state index contributed by atoms with van der Waals surface area (Å²) in [5.41, 5.74) is 0.897. The predicted octanol–water partition coefficient (Wildman–Crippen LogP) is 2.43. The Morgan fingerprint density at radius 1 is 1.13 bits per heavy atom. The van der Waals surface area contributed by atoms with E-state index in [0.717, 1.165) is 70.1 Å². The van der Waals surface area contributed by atoms with Crippen LogP contribution in [-0.4, -0.2) is 82.1 Å². The molecule has 1 aliphatic heterocycles. The number of aliphatic imine (C=N–C) groups is 1. The van der Waals surface area contributed by atoms with Crippen LogP contribution < -0.4 is 15.0 Å². The zero-order valence-electron chi connectivity index (χ0n) is 19.0. The second kappa shape index (κ2) is 10.0. The Kier molecular flexibility index (Phi) is 7.45. The van der Waals surface area contributed by atoms with E-state index in [4.69, 9.17) is 9.73 Å². The number of nitrogens with zero attached hydrogens (tertiary/aromatic N) is 4. The van der Waals surface area contributed by atoms with Crippen LogP contribution in [0.5, 0.6) is 5.75 Å². The van der Waals surface area contributed by atoms with E-state index in [-0.39, 0.29) is 11.3 Å². The molecule has 0 unspecified atom stereocenters. The van der Waals surface area contributed by atoms with Gasteiger partial charge in [0.1, 0.15) is 5.75 Å². The third-order valence-corrected chi connectivity index (χ3v) is 6.30. The Morgan fingerprint density at radius 3 is 2.30 bits per heavy atom. The van der Waals surface area contributed by atoms with Crippen LogP contribution in [0.25, 0.3) is 0 Å².